The Morgan fingerprint density at radius 2 is 1.71 bits per heavy atom. The second-order valence-corrected chi connectivity index (χ2v) is 8.95. The lowest BCUT2D eigenvalue weighted by Gasteiger charge is -2.43. The molecule has 2 N–H and O–H groups in total. The van der Waals surface area contributed by atoms with Crippen molar-refractivity contribution in [3.8, 4) is 0 Å². The summed E-state index contributed by atoms with van der Waals surface area (Å²) < 4.78 is 0. The lowest BCUT2D eigenvalue weighted by Crippen LogP contribution is -2.35. The van der Waals surface area contributed by atoms with Gasteiger partial charge in [-0.15, -0.1) is 0 Å². The molecule has 0 heterocycles. The summed E-state index contributed by atoms with van der Waals surface area (Å²) in [5, 5.41) is 12.5. The molecule has 0 unspecified atom stereocenters. The molecular weight excluding hydrogens is 348 g/mol. The third-order valence-corrected chi connectivity index (χ3v) is 5.99. The van der Waals surface area contributed by atoms with Crippen LogP contribution in [-0.4, -0.2) is 24.3 Å². The molecule has 2 aromatic carbocycles. The monoisotopic (exact) mass is 378 g/mol. The molecule has 0 atom stereocenters. The van der Waals surface area contributed by atoms with E-state index in [2.05, 4.69) is 50.1 Å². The van der Waals surface area contributed by atoms with E-state index in [9.17, 15) is 4.79 Å². The van der Waals surface area contributed by atoms with Gasteiger partial charge in [0.15, 0.2) is 0 Å². The Hall–Kier alpha value is -2.62. The minimum Gasteiger partial charge on any atom is -0.478 e. The Labute approximate surface area is 167 Å². The normalized spacial score (nSPS) is 17.3. The van der Waals surface area contributed by atoms with Crippen molar-refractivity contribution in [1.29, 1.82) is 0 Å². The maximum atomic E-state index is 11.0. The third-order valence-electron chi connectivity index (χ3n) is 5.99. The van der Waals surface area contributed by atoms with Crippen LogP contribution >= 0.6 is 0 Å². The Bertz CT molecular complexity index is 909. The van der Waals surface area contributed by atoms with Gasteiger partial charge in [-0.25, -0.2) is 4.79 Å². The van der Waals surface area contributed by atoms with Crippen LogP contribution in [0.3, 0.4) is 0 Å². The van der Waals surface area contributed by atoms with Crippen LogP contribution in [0.5, 0.6) is 0 Å². The van der Waals surface area contributed by atoms with E-state index in [1.807, 2.05) is 25.4 Å². The van der Waals surface area contributed by atoms with Crippen molar-refractivity contribution < 1.29 is 9.90 Å². The minimum atomic E-state index is -0.910. The van der Waals surface area contributed by atoms with Crippen LogP contribution in [0.15, 0.2) is 41.4 Å². The molecule has 0 bridgehead atoms. The molecule has 0 amide bonds. The lowest BCUT2D eigenvalue weighted by atomic mass is 9.61. The predicted molar refractivity (Wildman–Crippen MR) is 116 cm³/mol. The smallest absolute Gasteiger partial charge is 0.335 e. The molecule has 0 aliphatic heterocycles. The molecule has 0 aromatic heterocycles. The Morgan fingerprint density at radius 3 is 2.32 bits per heavy atom. The van der Waals surface area contributed by atoms with Crippen LogP contribution in [-0.2, 0) is 17.4 Å². The zero-order valence-corrected chi connectivity index (χ0v) is 17.5. The van der Waals surface area contributed by atoms with Gasteiger partial charge in [-0.1, -0.05) is 39.8 Å². The molecule has 4 nitrogen and oxygen atoms in total. The first kappa shape index (κ1) is 20.1. The van der Waals surface area contributed by atoms with Crippen molar-refractivity contribution in [1.82, 2.24) is 0 Å². The molecule has 1 aliphatic rings. The van der Waals surface area contributed by atoms with E-state index in [1.54, 1.807) is 12.1 Å². The number of benzene rings is 2. The fourth-order valence-electron chi connectivity index (χ4n) is 4.20. The zero-order chi connectivity index (χ0) is 20.5. The van der Waals surface area contributed by atoms with Gasteiger partial charge in [0, 0.05) is 31.1 Å². The summed E-state index contributed by atoms with van der Waals surface area (Å²) in [4.78, 5) is 15.4. The zero-order valence-electron chi connectivity index (χ0n) is 17.5. The molecule has 3 rings (SSSR count). The van der Waals surface area contributed by atoms with Gasteiger partial charge in [0.1, 0.15) is 0 Å². The molecule has 0 radical (unpaired) electrons. The van der Waals surface area contributed by atoms with Gasteiger partial charge in [0.05, 0.1) is 5.56 Å². The third kappa shape index (κ3) is 3.82. The molecule has 148 valence electrons. The minimum absolute atomic E-state index is 0.112. The van der Waals surface area contributed by atoms with Crippen LogP contribution in [0.4, 0.5) is 5.69 Å². The highest BCUT2D eigenvalue weighted by atomic mass is 16.4. The highest BCUT2D eigenvalue weighted by Crippen LogP contribution is 2.47. The maximum Gasteiger partial charge on any atom is 0.335 e. The molecule has 2 aromatic rings. The van der Waals surface area contributed by atoms with Crippen LogP contribution < -0.4 is 5.32 Å². The summed E-state index contributed by atoms with van der Waals surface area (Å²) in [6.45, 7) is 9.98. The fourth-order valence-corrected chi connectivity index (χ4v) is 4.20. The van der Waals surface area contributed by atoms with E-state index >= 15 is 0 Å². The number of rotatable bonds is 5. The first-order chi connectivity index (χ1) is 13.2. The van der Waals surface area contributed by atoms with Crippen molar-refractivity contribution in [3.05, 3.63) is 64.2 Å². The summed E-state index contributed by atoms with van der Waals surface area (Å²) >= 11 is 0. The van der Waals surface area contributed by atoms with Gasteiger partial charge in [-0.05, 0) is 64.6 Å². The van der Waals surface area contributed by atoms with Crippen molar-refractivity contribution in [2.45, 2.75) is 57.9 Å². The molecular formula is C24H30N2O2. The van der Waals surface area contributed by atoms with Gasteiger partial charge in [-0.2, -0.15) is 0 Å². The Kier molecular flexibility index (Phi) is 5.33. The maximum absolute atomic E-state index is 11.0. The Morgan fingerprint density at radius 1 is 1.07 bits per heavy atom. The Balaban J connectivity index is 1.97. The number of carbonyl (C=O) groups is 1. The first-order valence-electron chi connectivity index (χ1n) is 9.82. The van der Waals surface area contributed by atoms with Crippen molar-refractivity contribution in [3.63, 3.8) is 0 Å². The highest BCUT2D eigenvalue weighted by Gasteiger charge is 2.38. The van der Waals surface area contributed by atoms with Crippen LogP contribution in [0.2, 0.25) is 0 Å². The van der Waals surface area contributed by atoms with E-state index in [-0.39, 0.29) is 10.8 Å². The SMILES string of the molecule is CN=Cc1c(CNc2ccc(C(=O)O)cc2)ccc2c1C(C)(C)CCC2(C)C. The van der Waals surface area contributed by atoms with Gasteiger partial charge in [-0.3, -0.25) is 4.99 Å². The fraction of sp³-hybridized carbons (Fsp3) is 0.417. The second-order valence-electron chi connectivity index (χ2n) is 8.95. The summed E-state index contributed by atoms with van der Waals surface area (Å²) in [7, 11) is 1.82. The number of nitrogens with zero attached hydrogens (tertiary/aromatic N) is 1. The van der Waals surface area contributed by atoms with E-state index in [0.29, 0.717) is 12.1 Å². The van der Waals surface area contributed by atoms with E-state index < -0.39 is 5.97 Å². The largest absolute Gasteiger partial charge is 0.478 e. The van der Waals surface area contributed by atoms with Crippen LogP contribution in [0.25, 0.3) is 0 Å². The van der Waals surface area contributed by atoms with E-state index in [1.165, 1.54) is 28.7 Å². The average molecular weight is 379 g/mol. The number of hydrogen-bond donors (Lipinski definition) is 2. The number of carboxylic acid groups (broad SMARTS) is 1. The van der Waals surface area contributed by atoms with E-state index in [0.717, 1.165) is 12.1 Å². The highest BCUT2D eigenvalue weighted by molar-refractivity contribution is 5.88. The second kappa shape index (κ2) is 7.42. The van der Waals surface area contributed by atoms with Crippen molar-refractivity contribution in [2.75, 3.05) is 12.4 Å². The summed E-state index contributed by atoms with van der Waals surface area (Å²) in [5.41, 5.74) is 6.73. The van der Waals surface area contributed by atoms with Gasteiger partial charge >= 0.3 is 5.97 Å². The van der Waals surface area contributed by atoms with Crippen molar-refractivity contribution in [2.24, 2.45) is 4.99 Å². The molecule has 0 spiro atoms. The average Bonchev–Trinajstić information content (AvgIpc) is 2.65. The van der Waals surface area contributed by atoms with Gasteiger partial charge < -0.3 is 10.4 Å². The molecule has 0 saturated heterocycles. The number of aromatic carboxylic acids is 1. The molecule has 0 saturated carbocycles. The van der Waals surface area contributed by atoms with Gasteiger partial charge in [0.2, 0.25) is 0 Å². The van der Waals surface area contributed by atoms with E-state index in [4.69, 9.17) is 5.11 Å². The van der Waals surface area contributed by atoms with Crippen LogP contribution in [0.1, 0.15) is 73.1 Å². The quantitative estimate of drug-likeness (QED) is 0.685. The molecule has 4 heteroatoms. The molecule has 0 fully saturated rings. The summed E-state index contributed by atoms with van der Waals surface area (Å²) in [6.07, 6.45) is 4.33. The number of carboxylic acids is 1. The summed E-state index contributed by atoms with van der Waals surface area (Å²) in [6, 6.07) is 11.4. The topological polar surface area (TPSA) is 61.7 Å². The number of aliphatic imine (C=N–C) groups is 1. The molecule has 28 heavy (non-hydrogen) atoms. The number of anilines is 1. The number of fused-ring (bicyclic) bond motifs is 1. The first-order valence-corrected chi connectivity index (χ1v) is 9.82. The molecule has 1 aliphatic carbocycles. The number of hydrogen-bond acceptors (Lipinski definition) is 3. The van der Waals surface area contributed by atoms with Crippen molar-refractivity contribution >= 4 is 17.9 Å². The lowest BCUT2D eigenvalue weighted by molar-refractivity contribution is 0.0697. The number of nitrogens with one attached hydrogen (secondary N) is 1. The van der Waals surface area contributed by atoms with Gasteiger partial charge in [0.25, 0.3) is 0 Å². The summed E-state index contributed by atoms with van der Waals surface area (Å²) in [5.74, 6) is -0.910. The standard InChI is InChI=1S/C24H30N2O2/c1-23(2)12-13-24(3,4)21-19(15-25-5)17(8-11-20(21)23)14-26-18-9-6-16(7-10-18)22(27)28/h6-11,15,26H,12-14H2,1-5H3,(H,27,28). The van der Waals surface area contributed by atoms with Crippen LogP contribution in [0, 0.1) is 0 Å². The predicted octanol–water partition coefficient (Wildman–Crippen LogP) is 5.39.